The van der Waals surface area contributed by atoms with Gasteiger partial charge >= 0.3 is 0 Å². The molecule has 1 heterocycles. The third-order valence-corrected chi connectivity index (χ3v) is 3.98. The van der Waals surface area contributed by atoms with E-state index in [0.29, 0.717) is 0 Å². The summed E-state index contributed by atoms with van der Waals surface area (Å²) >= 11 is 0. The molecule has 0 spiro atoms. The summed E-state index contributed by atoms with van der Waals surface area (Å²) in [6, 6.07) is 15.0. The van der Waals surface area contributed by atoms with Crippen LogP contribution in [0.25, 0.3) is 10.8 Å². The fourth-order valence-electron chi connectivity index (χ4n) is 2.92. The number of fused-ring (bicyclic) bond motifs is 1. The van der Waals surface area contributed by atoms with Gasteiger partial charge in [-0.05, 0) is 30.2 Å². The second-order valence-corrected chi connectivity index (χ2v) is 5.45. The lowest BCUT2D eigenvalue weighted by Crippen LogP contribution is -2.13. The molecule has 0 amide bonds. The molecule has 3 heteroatoms. The van der Waals surface area contributed by atoms with E-state index in [2.05, 4.69) is 58.9 Å². The van der Waals surface area contributed by atoms with Gasteiger partial charge in [-0.15, -0.1) is 0 Å². The minimum absolute atomic E-state index is 0.0127. The molecule has 21 heavy (non-hydrogen) atoms. The lowest BCUT2D eigenvalue weighted by Gasteiger charge is -2.12. The van der Waals surface area contributed by atoms with Gasteiger partial charge < -0.3 is 10.3 Å². The molecule has 1 unspecified atom stereocenters. The Bertz CT molecular complexity index is 751. The average molecular weight is 279 g/mol. The number of benzene rings is 2. The van der Waals surface area contributed by atoms with Crippen LogP contribution in [0.4, 0.5) is 0 Å². The van der Waals surface area contributed by atoms with Crippen LogP contribution in [0.3, 0.4) is 0 Å². The maximum atomic E-state index is 6.03. The van der Waals surface area contributed by atoms with Crippen LogP contribution in [0, 0.1) is 0 Å². The summed E-state index contributed by atoms with van der Waals surface area (Å²) in [6.07, 6.45) is 2.75. The molecule has 2 aromatic carbocycles. The molecule has 0 fully saturated rings. The van der Waals surface area contributed by atoms with Gasteiger partial charge in [0.2, 0.25) is 0 Å². The van der Waals surface area contributed by atoms with Crippen LogP contribution in [0.2, 0.25) is 0 Å². The Hall–Kier alpha value is -2.13. The molecular weight excluding hydrogens is 258 g/mol. The second-order valence-electron chi connectivity index (χ2n) is 5.45. The highest BCUT2D eigenvalue weighted by atomic mass is 15.1. The van der Waals surface area contributed by atoms with Crippen molar-refractivity contribution in [1.82, 2.24) is 9.55 Å². The van der Waals surface area contributed by atoms with Gasteiger partial charge in [0.25, 0.3) is 0 Å². The number of nitrogens with zero attached hydrogens (tertiary/aromatic N) is 2. The van der Waals surface area contributed by atoms with Crippen molar-refractivity contribution in [3.05, 3.63) is 65.7 Å². The fourth-order valence-corrected chi connectivity index (χ4v) is 2.92. The quantitative estimate of drug-likeness (QED) is 0.792. The summed E-state index contributed by atoms with van der Waals surface area (Å²) in [4.78, 5) is 4.59. The van der Waals surface area contributed by atoms with Crippen molar-refractivity contribution in [3.63, 3.8) is 0 Å². The Morgan fingerprint density at radius 1 is 1.14 bits per heavy atom. The van der Waals surface area contributed by atoms with Gasteiger partial charge in [0.05, 0.1) is 11.9 Å². The molecule has 1 atom stereocenters. The molecular formula is C18H21N3. The first-order chi connectivity index (χ1) is 10.2. The minimum atomic E-state index is 0.0127. The van der Waals surface area contributed by atoms with E-state index in [1.165, 1.54) is 16.3 Å². The van der Waals surface area contributed by atoms with Crippen LogP contribution in [-0.2, 0) is 13.0 Å². The Morgan fingerprint density at radius 3 is 2.67 bits per heavy atom. The molecule has 0 saturated heterocycles. The zero-order chi connectivity index (χ0) is 14.8. The monoisotopic (exact) mass is 279 g/mol. The molecule has 0 radical (unpaired) electrons. The lowest BCUT2D eigenvalue weighted by molar-refractivity contribution is 0.633. The molecule has 108 valence electrons. The number of hydrogen-bond acceptors (Lipinski definition) is 2. The molecule has 0 aliphatic carbocycles. The van der Waals surface area contributed by atoms with Crippen LogP contribution in [0.1, 0.15) is 37.0 Å². The van der Waals surface area contributed by atoms with Gasteiger partial charge in [-0.2, -0.15) is 0 Å². The Kier molecular flexibility index (Phi) is 3.76. The Labute approximate surface area is 125 Å². The summed E-state index contributed by atoms with van der Waals surface area (Å²) in [6.45, 7) is 5.04. The van der Waals surface area contributed by atoms with Crippen LogP contribution < -0.4 is 5.73 Å². The highest BCUT2D eigenvalue weighted by Gasteiger charge is 2.13. The lowest BCUT2D eigenvalue weighted by atomic mass is 10.0. The summed E-state index contributed by atoms with van der Waals surface area (Å²) in [5, 5.41) is 2.57. The number of nitrogens with two attached hydrogens (primary N) is 1. The van der Waals surface area contributed by atoms with Gasteiger partial charge in [0, 0.05) is 19.0 Å². The van der Waals surface area contributed by atoms with Crippen LogP contribution in [0.15, 0.2) is 48.7 Å². The molecule has 0 saturated carbocycles. The van der Waals surface area contributed by atoms with Gasteiger partial charge in [0.15, 0.2) is 0 Å². The molecule has 3 rings (SSSR count). The Morgan fingerprint density at radius 2 is 1.90 bits per heavy atom. The van der Waals surface area contributed by atoms with Crippen molar-refractivity contribution in [1.29, 1.82) is 0 Å². The van der Waals surface area contributed by atoms with Crippen LogP contribution in [-0.4, -0.2) is 9.55 Å². The summed E-state index contributed by atoms with van der Waals surface area (Å²) in [5.74, 6) is 1.08. The van der Waals surface area contributed by atoms with Gasteiger partial charge in [-0.25, -0.2) is 4.98 Å². The van der Waals surface area contributed by atoms with Gasteiger partial charge in [-0.3, -0.25) is 0 Å². The van der Waals surface area contributed by atoms with E-state index < -0.39 is 0 Å². The first-order valence-electron chi connectivity index (χ1n) is 7.47. The normalized spacial score (nSPS) is 12.7. The van der Waals surface area contributed by atoms with Crippen molar-refractivity contribution in [3.8, 4) is 0 Å². The molecule has 0 aliphatic heterocycles. The largest absolute Gasteiger partial charge is 0.331 e. The second kappa shape index (κ2) is 5.70. The highest BCUT2D eigenvalue weighted by Crippen LogP contribution is 2.22. The summed E-state index contributed by atoms with van der Waals surface area (Å²) in [7, 11) is 0. The zero-order valence-corrected chi connectivity index (χ0v) is 12.6. The van der Waals surface area contributed by atoms with Crippen molar-refractivity contribution in [2.45, 2.75) is 32.9 Å². The van der Waals surface area contributed by atoms with Crippen molar-refractivity contribution < 1.29 is 0 Å². The zero-order valence-electron chi connectivity index (χ0n) is 12.6. The summed E-state index contributed by atoms with van der Waals surface area (Å²) < 4.78 is 2.23. The van der Waals surface area contributed by atoms with E-state index >= 15 is 0 Å². The molecule has 1 aromatic heterocycles. The number of rotatable bonds is 4. The smallest absolute Gasteiger partial charge is 0.113 e. The summed E-state index contributed by atoms with van der Waals surface area (Å²) in [5.41, 5.74) is 8.44. The minimum Gasteiger partial charge on any atom is -0.331 e. The molecule has 3 aromatic rings. The molecule has 0 bridgehead atoms. The number of hydrogen-bond donors (Lipinski definition) is 1. The van der Waals surface area contributed by atoms with Gasteiger partial charge in [-0.1, -0.05) is 42.5 Å². The fraction of sp³-hybridized carbons (Fsp3) is 0.278. The average Bonchev–Trinajstić information content (AvgIpc) is 2.90. The standard InChI is InChI=1S/C18H21N3/c1-3-21-17(13(2)19)12-20-18(21)11-15-9-6-8-14-7-4-5-10-16(14)15/h4-10,12-13H,3,11,19H2,1-2H3. The first-order valence-corrected chi connectivity index (χ1v) is 7.47. The number of imidazole rings is 1. The highest BCUT2D eigenvalue weighted by molar-refractivity contribution is 5.85. The first kappa shape index (κ1) is 13.8. The van der Waals surface area contributed by atoms with Crippen molar-refractivity contribution in [2.75, 3.05) is 0 Å². The maximum Gasteiger partial charge on any atom is 0.113 e. The van der Waals surface area contributed by atoms with E-state index in [4.69, 9.17) is 5.73 Å². The SMILES string of the molecule is CCn1c(C(C)N)cnc1Cc1cccc2ccccc12. The maximum absolute atomic E-state index is 6.03. The van der Waals surface area contributed by atoms with E-state index in [1.807, 2.05) is 13.1 Å². The molecule has 2 N–H and O–H groups in total. The third kappa shape index (κ3) is 2.57. The van der Waals surface area contributed by atoms with E-state index in [0.717, 1.165) is 24.5 Å². The topological polar surface area (TPSA) is 43.8 Å². The third-order valence-electron chi connectivity index (χ3n) is 3.98. The van der Waals surface area contributed by atoms with Crippen molar-refractivity contribution in [2.24, 2.45) is 5.73 Å². The van der Waals surface area contributed by atoms with Gasteiger partial charge in [0.1, 0.15) is 5.82 Å². The predicted octanol–water partition coefficient (Wildman–Crippen LogP) is 3.67. The Balaban J connectivity index is 2.03. The van der Waals surface area contributed by atoms with Crippen molar-refractivity contribution >= 4 is 10.8 Å². The van der Waals surface area contributed by atoms with E-state index in [1.54, 1.807) is 0 Å². The van der Waals surface area contributed by atoms with Crippen LogP contribution >= 0.6 is 0 Å². The predicted molar refractivity (Wildman–Crippen MR) is 87.3 cm³/mol. The van der Waals surface area contributed by atoms with Crippen LogP contribution in [0.5, 0.6) is 0 Å². The molecule has 0 aliphatic rings. The van der Waals surface area contributed by atoms with E-state index in [-0.39, 0.29) is 6.04 Å². The number of aromatic nitrogens is 2. The molecule has 3 nitrogen and oxygen atoms in total. The van der Waals surface area contributed by atoms with E-state index in [9.17, 15) is 0 Å².